The van der Waals surface area contributed by atoms with Crippen LogP contribution in [0.1, 0.15) is 34.9 Å². The van der Waals surface area contributed by atoms with E-state index in [4.69, 9.17) is 16.6 Å². The fraction of sp³-hybridized carbons (Fsp3) is 0.304. The van der Waals surface area contributed by atoms with E-state index in [1.165, 1.54) is 0 Å². The van der Waals surface area contributed by atoms with E-state index >= 15 is 0 Å². The Morgan fingerprint density at radius 1 is 1.13 bits per heavy atom. The third-order valence-electron chi connectivity index (χ3n) is 5.34. The third-order valence-corrected chi connectivity index (χ3v) is 5.59. The topological polar surface area (TPSA) is 62.2 Å². The SMILES string of the molecule is CN(C)c1ncc(-c2ccc(Cl)cc2)c([C@H]2CCCN(C(=O)c3ccccn3)C2)n1. The van der Waals surface area contributed by atoms with Crippen LogP contribution in [0.2, 0.25) is 5.02 Å². The molecule has 1 amide bonds. The monoisotopic (exact) mass is 421 g/mol. The van der Waals surface area contributed by atoms with Crippen LogP contribution in [0.25, 0.3) is 11.1 Å². The van der Waals surface area contributed by atoms with Gasteiger partial charge >= 0.3 is 0 Å². The van der Waals surface area contributed by atoms with Gasteiger partial charge in [0.1, 0.15) is 5.69 Å². The number of carbonyl (C=O) groups excluding carboxylic acids is 1. The van der Waals surface area contributed by atoms with Gasteiger partial charge < -0.3 is 9.80 Å². The summed E-state index contributed by atoms with van der Waals surface area (Å²) in [5, 5.41) is 0.691. The first-order chi connectivity index (χ1) is 14.5. The molecule has 0 bridgehead atoms. The van der Waals surface area contributed by atoms with Crippen LogP contribution in [0.3, 0.4) is 0 Å². The van der Waals surface area contributed by atoms with Crippen molar-refractivity contribution in [3.05, 3.63) is 71.3 Å². The molecule has 3 aromatic rings. The predicted octanol–water partition coefficient (Wildman–Crippen LogP) is 4.28. The lowest BCUT2D eigenvalue weighted by molar-refractivity contribution is 0.0700. The molecule has 1 fully saturated rings. The lowest BCUT2D eigenvalue weighted by atomic mass is 9.89. The molecule has 0 unspecified atom stereocenters. The van der Waals surface area contributed by atoms with E-state index in [9.17, 15) is 4.79 Å². The number of piperidine rings is 1. The lowest BCUT2D eigenvalue weighted by Gasteiger charge is -2.33. The number of likely N-dealkylation sites (tertiary alicyclic amines) is 1. The van der Waals surface area contributed by atoms with Crippen LogP contribution in [-0.2, 0) is 0 Å². The van der Waals surface area contributed by atoms with Crippen molar-refractivity contribution >= 4 is 23.5 Å². The van der Waals surface area contributed by atoms with Crippen LogP contribution in [0.15, 0.2) is 54.9 Å². The van der Waals surface area contributed by atoms with Crippen molar-refractivity contribution < 1.29 is 4.79 Å². The summed E-state index contributed by atoms with van der Waals surface area (Å²) in [7, 11) is 3.86. The predicted molar refractivity (Wildman–Crippen MR) is 119 cm³/mol. The summed E-state index contributed by atoms with van der Waals surface area (Å²) in [5.41, 5.74) is 3.45. The van der Waals surface area contributed by atoms with Gasteiger partial charge in [0.2, 0.25) is 5.95 Å². The Bertz CT molecular complexity index is 1020. The van der Waals surface area contributed by atoms with E-state index in [-0.39, 0.29) is 11.8 Å². The number of pyridine rings is 1. The van der Waals surface area contributed by atoms with Gasteiger partial charge in [-0.1, -0.05) is 29.8 Å². The minimum Gasteiger partial charge on any atom is -0.347 e. The van der Waals surface area contributed by atoms with Crippen LogP contribution in [0.5, 0.6) is 0 Å². The number of hydrogen-bond acceptors (Lipinski definition) is 5. The second kappa shape index (κ2) is 8.79. The molecule has 3 heterocycles. The standard InChI is InChI=1S/C23H24ClN5O/c1-28(2)23-26-14-19(16-8-10-18(24)11-9-16)21(27-23)17-6-5-13-29(15-17)22(30)20-7-3-4-12-25-20/h3-4,7-12,14,17H,5-6,13,15H2,1-2H3/t17-/m0/s1. The Morgan fingerprint density at radius 2 is 1.93 bits per heavy atom. The van der Waals surface area contributed by atoms with Crippen LogP contribution >= 0.6 is 11.6 Å². The number of aromatic nitrogens is 3. The molecule has 0 spiro atoms. The smallest absolute Gasteiger partial charge is 0.272 e. The van der Waals surface area contributed by atoms with Crippen molar-refractivity contribution in [1.82, 2.24) is 19.9 Å². The highest BCUT2D eigenvalue weighted by atomic mass is 35.5. The molecule has 4 rings (SSSR count). The van der Waals surface area contributed by atoms with E-state index in [0.29, 0.717) is 23.2 Å². The molecule has 0 saturated carbocycles. The van der Waals surface area contributed by atoms with E-state index in [0.717, 1.165) is 36.2 Å². The summed E-state index contributed by atoms with van der Waals surface area (Å²) in [6.07, 6.45) is 5.42. The number of amides is 1. The molecule has 6 nitrogen and oxygen atoms in total. The average Bonchev–Trinajstić information content (AvgIpc) is 2.79. The number of rotatable bonds is 4. The molecule has 2 aromatic heterocycles. The van der Waals surface area contributed by atoms with Gasteiger partial charge in [-0.2, -0.15) is 0 Å². The molecular formula is C23H24ClN5O. The second-order valence-electron chi connectivity index (χ2n) is 7.68. The maximum atomic E-state index is 13.0. The van der Waals surface area contributed by atoms with Crippen LogP contribution in [-0.4, -0.2) is 52.9 Å². The fourth-order valence-corrected chi connectivity index (χ4v) is 3.93. The number of anilines is 1. The number of hydrogen-bond donors (Lipinski definition) is 0. The summed E-state index contributed by atoms with van der Waals surface area (Å²) in [6, 6.07) is 13.1. The van der Waals surface area contributed by atoms with Gasteiger partial charge in [-0.3, -0.25) is 9.78 Å². The molecule has 154 valence electrons. The van der Waals surface area contributed by atoms with Crippen molar-refractivity contribution in [2.45, 2.75) is 18.8 Å². The van der Waals surface area contributed by atoms with Gasteiger partial charge in [0.05, 0.1) is 5.69 Å². The molecule has 1 atom stereocenters. The summed E-state index contributed by atoms with van der Waals surface area (Å²) >= 11 is 6.08. The number of carbonyl (C=O) groups is 1. The van der Waals surface area contributed by atoms with Crippen LogP contribution in [0.4, 0.5) is 5.95 Å². The number of halogens is 1. The van der Waals surface area contributed by atoms with Gasteiger partial charge in [0, 0.05) is 56.1 Å². The Morgan fingerprint density at radius 3 is 2.63 bits per heavy atom. The summed E-state index contributed by atoms with van der Waals surface area (Å²) < 4.78 is 0. The highest BCUT2D eigenvalue weighted by molar-refractivity contribution is 6.30. The van der Waals surface area contributed by atoms with E-state index in [2.05, 4.69) is 9.97 Å². The zero-order chi connectivity index (χ0) is 21.1. The molecule has 7 heteroatoms. The van der Waals surface area contributed by atoms with Crippen molar-refractivity contribution in [3.8, 4) is 11.1 Å². The molecule has 1 aliphatic rings. The van der Waals surface area contributed by atoms with Crippen LogP contribution in [0, 0.1) is 0 Å². The molecule has 1 saturated heterocycles. The van der Waals surface area contributed by atoms with Crippen molar-refractivity contribution in [1.29, 1.82) is 0 Å². The minimum atomic E-state index is -0.0322. The quantitative estimate of drug-likeness (QED) is 0.629. The first-order valence-electron chi connectivity index (χ1n) is 10.0. The maximum absolute atomic E-state index is 13.0. The minimum absolute atomic E-state index is 0.0322. The molecule has 30 heavy (non-hydrogen) atoms. The largest absolute Gasteiger partial charge is 0.347 e. The van der Waals surface area contributed by atoms with Crippen molar-refractivity contribution in [2.24, 2.45) is 0 Å². The van der Waals surface area contributed by atoms with Crippen molar-refractivity contribution in [3.63, 3.8) is 0 Å². The average molecular weight is 422 g/mol. The van der Waals surface area contributed by atoms with Gasteiger partial charge in [0.25, 0.3) is 5.91 Å². The zero-order valence-electron chi connectivity index (χ0n) is 17.1. The maximum Gasteiger partial charge on any atom is 0.272 e. The highest BCUT2D eigenvalue weighted by Crippen LogP contribution is 2.34. The third kappa shape index (κ3) is 4.28. The van der Waals surface area contributed by atoms with Gasteiger partial charge in [-0.15, -0.1) is 0 Å². The van der Waals surface area contributed by atoms with Gasteiger partial charge in [-0.05, 0) is 42.7 Å². The zero-order valence-corrected chi connectivity index (χ0v) is 17.9. The Labute approximate surface area is 181 Å². The summed E-state index contributed by atoms with van der Waals surface area (Å²) in [5.74, 6) is 0.755. The van der Waals surface area contributed by atoms with E-state index in [1.54, 1.807) is 12.3 Å². The second-order valence-corrected chi connectivity index (χ2v) is 8.11. The van der Waals surface area contributed by atoms with Gasteiger partial charge in [-0.25, -0.2) is 9.97 Å². The summed E-state index contributed by atoms with van der Waals surface area (Å²) in [6.45, 7) is 1.34. The van der Waals surface area contributed by atoms with E-state index in [1.807, 2.05) is 66.5 Å². The molecule has 1 aliphatic heterocycles. The first kappa shape index (κ1) is 20.3. The molecule has 0 aliphatic carbocycles. The fourth-order valence-electron chi connectivity index (χ4n) is 3.80. The summed E-state index contributed by atoms with van der Waals surface area (Å²) in [4.78, 5) is 30.4. The molecule has 1 aromatic carbocycles. The highest BCUT2D eigenvalue weighted by Gasteiger charge is 2.29. The molecular weight excluding hydrogens is 398 g/mol. The Balaban J connectivity index is 1.68. The van der Waals surface area contributed by atoms with Crippen LogP contribution < -0.4 is 4.90 Å². The van der Waals surface area contributed by atoms with E-state index < -0.39 is 0 Å². The normalized spacial score (nSPS) is 16.4. The van der Waals surface area contributed by atoms with Crippen molar-refractivity contribution in [2.75, 3.05) is 32.1 Å². The first-order valence-corrected chi connectivity index (χ1v) is 10.4. The lowest BCUT2D eigenvalue weighted by Crippen LogP contribution is -2.39. The molecule has 0 radical (unpaired) electrons. The number of nitrogens with zero attached hydrogens (tertiary/aromatic N) is 5. The Hall–Kier alpha value is -2.99. The number of benzene rings is 1. The van der Waals surface area contributed by atoms with Gasteiger partial charge in [0.15, 0.2) is 0 Å². The Kier molecular flexibility index (Phi) is 5.95. The molecule has 0 N–H and O–H groups in total.